The number of para-hydroxylation sites is 1. The fraction of sp³-hybridized carbons (Fsp3) is 0.300. The molecule has 1 N–H and O–H groups in total. The minimum atomic E-state index is -0.389. The van der Waals surface area contributed by atoms with E-state index in [1.807, 2.05) is 73.3 Å². The van der Waals surface area contributed by atoms with Crippen LogP contribution in [0.25, 0.3) is 0 Å². The number of nitrogens with zero attached hydrogens (tertiary/aromatic N) is 1. The molecule has 2 amide bonds. The zero-order valence-electron chi connectivity index (χ0n) is 14.4. The minimum Gasteiger partial charge on any atom is -0.336 e. The number of nitrogens with one attached hydrogen (secondary N) is 1. The van der Waals surface area contributed by atoms with E-state index in [0.717, 1.165) is 16.1 Å². The molecule has 0 saturated carbocycles. The molecule has 2 aromatic rings. The lowest BCUT2D eigenvalue weighted by Crippen LogP contribution is -2.40. The number of hydrogen-bond acceptors (Lipinski definition) is 3. The number of benzene rings is 2. The van der Waals surface area contributed by atoms with Gasteiger partial charge in [-0.2, -0.15) is 0 Å². The molecule has 25 heavy (non-hydrogen) atoms. The smallest absolute Gasteiger partial charge is 0.238 e. The summed E-state index contributed by atoms with van der Waals surface area (Å²) in [4.78, 5) is 28.0. The number of carbonyl (C=O) groups is 2. The van der Waals surface area contributed by atoms with E-state index in [1.165, 1.54) is 11.8 Å². The summed E-state index contributed by atoms with van der Waals surface area (Å²) >= 11 is 1.47. The predicted octanol–water partition coefficient (Wildman–Crippen LogP) is 3.93. The van der Waals surface area contributed by atoms with E-state index in [0.29, 0.717) is 6.54 Å². The molecule has 4 nitrogen and oxygen atoms in total. The summed E-state index contributed by atoms with van der Waals surface area (Å²) in [7, 11) is 0. The SMILES string of the molecule is CC(C)N(Cc1ccccc1)C(=O)CC1Sc2ccccc2NC1=O. The maximum Gasteiger partial charge on any atom is 0.238 e. The number of amides is 2. The summed E-state index contributed by atoms with van der Waals surface area (Å²) in [5, 5.41) is 2.51. The van der Waals surface area contributed by atoms with Crippen molar-refractivity contribution >= 4 is 29.3 Å². The molecule has 1 aliphatic heterocycles. The average Bonchev–Trinajstić information content (AvgIpc) is 2.61. The predicted molar refractivity (Wildman–Crippen MR) is 101 cm³/mol. The van der Waals surface area contributed by atoms with Crippen molar-refractivity contribution in [2.24, 2.45) is 0 Å². The molecule has 0 radical (unpaired) electrons. The summed E-state index contributed by atoms with van der Waals surface area (Å²) in [5.74, 6) is -0.0913. The van der Waals surface area contributed by atoms with Gasteiger partial charge >= 0.3 is 0 Å². The van der Waals surface area contributed by atoms with Crippen LogP contribution in [0.5, 0.6) is 0 Å². The second-order valence-electron chi connectivity index (χ2n) is 6.40. The highest BCUT2D eigenvalue weighted by Crippen LogP contribution is 2.36. The summed E-state index contributed by atoms with van der Waals surface area (Å²) in [6.45, 7) is 4.57. The van der Waals surface area contributed by atoms with Crippen molar-refractivity contribution in [2.45, 2.75) is 43.0 Å². The van der Waals surface area contributed by atoms with Crippen LogP contribution in [0, 0.1) is 0 Å². The first-order valence-corrected chi connectivity index (χ1v) is 9.32. The van der Waals surface area contributed by atoms with Crippen molar-refractivity contribution in [3.05, 3.63) is 60.2 Å². The highest BCUT2D eigenvalue weighted by Gasteiger charge is 2.31. The van der Waals surface area contributed by atoms with Gasteiger partial charge in [0.05, 0.1) is 10.9 Å². The molecule has 1 aliphatic rings. The Labute approximate surface area is 152 Å². The molecule has 0 saturated heterocycles. The number of hydrogen-bond donors (Lipinski definition) is 1. The Morgan fingerprint density at radius 1 is 1.12 bits per heavy atom. The zero-order valence-corrected chi connectivity index (χ0v) is 15.3. The fourth-order valence-corrected chi connectivity index (χ4v) is 3.94. The van der Waals surface area contributed by atoms with Crippen LogP contribution in [-0.4, -0.2) is 28.0 Å². The minimum absolute atomic E-state index is 0.00545. The number of thioether (sulfide) groups is 1. The van der Waals surface area contributed by atoms with E-state index in [9.17, 15) is 9.59 Å². The first-order valence-electron chi connectivity index (χ1n) is 8.44. The largest absolute Gasteiger partial charge is 0.336 e. The standard InChI is InChI=1S/C20H22N2O2S/c1-14(2)22(13-15-8-4-3-5-9-15)19(23)12-18-20(24)21-16-10-6-7-11-17(16)25-18/h3-11,14,18H,12-13H2,1-2H3,(H,21,24). The molecule has 3 rings (SSSR count). The molecule has 130 valence electrons. The quantitative estimate of drug-likeness (QED) is 0.885. The summed E-state index contributed by atoms with van der Waals surface area (Å²) in [5.41, 5.74) is 1.92. The third-order valence-corrected chi connectivity index (χ3v) is 5.48. The van der Waals surface area contributed by atoms with Crippen LogP contribution in [0.2, 0.25) is 0 Å². The van der Waals surface area contributed by atoms with Gasteiger partial charge in [0, 0.05) is 23.9 Å². The maximum atomic E-state index is 12.8. The van der Waals surface area contributed by atoms with E-state index in [-0.39, 0.29) is 29.5 Å². The third-order valence-electron chi connectivity index (χ3n) is 4.21. The second-order valence-corrected chi connectivity index (χ2v) is 7.64. The molecule has 0 bridgehead atoms. The van der Waals surface area contributed by atoms with Crippen LogP contribution in [-0.2, 0) is 16.1 Å². The Bertz CT molecular complexity index is 761. The van der Waals surface area contributed by atoms with Crippen LogP contribution < -0.4 is 5.32 Å². The van der Waals surface area contributed by atoms with E-state index >= 15 is 0 Å². The van der Waals surface area contributed by atoms with Crippen molar-refractivity contribution in [3.8, 4) is 0 Å². The molecule has 0 aliphatic carbocycles. The van der Waals surface area contributed by atoms with Crippen LogP contribution in [0.4, 0.5) is 5.69 Å². The van der Waals surface area contributed by atoms with Gasteiger partial charge in [-0.25, -0.2) is 0 Å². The molecule has 0 fully saturated rings. The van der Waals surface area contributed by atoms with E-state index in [4.69, 9.17) is 0 Å². The van der Waals surface area contributed by atoms with Gasteiger partial charge in [-0.15, -0.1) is 11.8 Å². The third kappa shape index (κ3) is 4.23. The number of fused-ring (bicyclic) bond motifs is 1. The Hall–Kier alpha value is -2.27. The van der Waals surface area contributed by atoms with Crippen molar-refractivity contribution in [2.75, 3.05) is 5.32 Å². The Morgan fingerprint density at radius 2 is 1.80 bits per heavy atom. The first kappa shape index (κ1) is 17.5. The lowest BCUT2D eigenvalue weighted by molar-refractivity contribution is -0.134. The molecule has 5 heteroatoms. The monoisotopic (exact) mass is 354 g/mol. The second kappa shape index (κ2) is 7.74. The van der Waals surface area contributed by atoms with E-state index in [2.05, 4.69) is 5.32 Å². The zero-order chi connectivity index (χ0) is 17.8. The molecule has 1 atom stereocenters. The van der Waals surface area contributed by atoms with Crippen LogP contribution in [0.1, 0.15) is 25.8 Å². The molecular weight excluding hydrogens is 332 g/mol. The summed E-state index contributed by atoms with van der Waals surface area (Å²) in [6.07, 6.45) is 0.204. The van der Waals surface area contributed by atoms with Gasteiger partial charge in [0.1, 0.15) is 0 Å². The number of rotatable bonds is 5. The number of anilines is 1. The van der Waals surface area contributed by atoms with Crippen molar-refractivity contribution in [1.29, 1.82) is 0 Å². The van der Waals surface area contributed by atoms with Crippen molar-refractivity contribution < 1.29 is 9.59 Å². The van der Waals surface area contributed by atoms with Gasteiger partial charge in [-0.1, -0.05) is 42.5 Å². The molecule has 0 spiro atoms. The van der Waals surface area contributed by atoms with Gasteiger partial charge in [-0.05, 0) is 31.5 Å². The van der Waals surface area contributed by atoms with E-state index < -0.39 is 0 Å². The lowest BCUT2D eigenvalue weighted by Gasteiger charge is -2.30. The van der Waals surface area contributed by atoms with E-state index in [1.54, 1.807) is 0 Å². The topological polar surface area (TPSA) is 49.4 Å². The maximum absolute atomic E-state index is 12.8. The van der Waals surface area contributed by atoms with Crippen LogP contribution in [0.3, 0.4) is 0 Å². The van der Waals surface area contributed by atoms with Gasteiger partial charge in [0.15, 0.2) is 0 Å². The molecule has 2 aromatic carbocycles. The summed E-state index contributed by atoms with van der Waals surface area (Å²) < 4.78 is 0. The average molecular weight is 354 g/mol. The Kier molecular flexibility index (Phi) is 5.43. The van der Waals surface area contributed by atoms with Crippen molar-refractivity contribution in [1.82, 2.24) is 4.90 Å². The highest BCUT2D eigenvalue weighted by molar-refractivity contribution is 8.01. The van der Waals surface area contributed by atoms with Gasteiger partial charge in [0.2, 0.25) is 11.8 Å². The molecule has 1 unspecified atom stereocenters. The number of carbonyl (C=O) groups excluding carboxylic acids is 2. The van der Waals surface area contributed by atoms with Crippen molar-refractivity contribution in [3.63, 3.8) is 0 Å². The van der Waals surface area contributed by atoms with Crippen LogP contribution >= 0.6 is 11.8 Å². The van der Waals surface area contributed by atoms with Gasteiger partial charge in [-0.3, -0.25) is 9.59 Å². The van der Waals surface area contributed by atoms with Gasteiger partial charge in [0.25, 0.3) is 0 Å². The Balaban J connectivity index is 1.70. The fourth-order valence-electron chi connectivity index (χ4n) is 2.84. The molecule has 0 aromatic heterocycles. The first-order chi connectivity index (χ1) is 12.0. The van der Waals surface area contributed by atoms with Crippen LogP contribution in [0.15, 0.2) is 59.5 Å². The molecule has 1 heterocycles. The lowest BCUT2D eigenvalue weighted by atomic mass is 10.1. The normalized spacial score (nSPS) is 16.3. The summed E-state index contributed by atoms with van der Waals surface area (Å²) in [6, 6.07) is 17.7. The Morgan fingerprint density at radius 3 is 2.52 bits per heavy atom. The van der Waals surface area contributed by atoms with Gasteiger partial charge < -0.3 is 10.2 Å². The highest BCUT2D eigenvalue weighted by atomic mass is 32.2. The molecular formula is C20H22N2O2S.